The summed E-state index contributed by atoms with van der Waals surface area (Å²) in [6.07, 6.45) is 1.49. The van der Waals surface area contributed by atoms with E-state index in [1.54, 1.807) is 12.1 Å². The van der Waals surface area contributed by atoms with Gasteiger partial charge in [0.1, 0.15) is 30.3 Å². The number of nitrogen functional groups attached to an aromatic ring is 1. The summed E-state index contributed by atoms with van der Waals surface area (Å²) in [5.41, 5.74) is 5.57. The first-order valence-corrected chi connectivity index (χ1v) is 7.99. The van der Waals surface area contributed by atoms with E-state index in [0.717, 1.165) is 10.4 Å². The summed E-state index contributed by atoms with van der Waals surface area (Å²) < 4.78 is 11.7. The first kappa shape index (κ1) is 17.3. The molecule has 0 unspecified atom stereocenters. The summed E-state index contributed by atoms with van der Waals surface area (Å²) in [5, 5.41) is 6.80. The van der Waals surface area contributed by atoms with E-state index in [4.69, 9.17) is 14.9 Å². The van der Waals surface area contributed by atoms with Crippen LogP contribution in [-0.4, -0.2) is 28.8 Å². The van der Waals surface area contributed by atoms with Crippen molar-refractivity contribution in [1.82, 2.24) is 15.1 Å². The number of nitrogens with zero attached hydrogens (tertiary/aromatic N) is 2. The van der Waals surface area contributed by atoms with Crippen molar-refractivity contribution in [3.05, 3.63) is 65.1 Å². The zero-order valence-corrected chi connectivity index (χ0v) is 13.9. The van der Waals surface area contributed by atoms with E-state index < -0.39 is 5.56 Å². The van der Waals surface area contributed by atoms with Gasteiger partial charge < -0.3 is 20.2 Å². The van der Waals surface area contributed by atoms with Crippen molar-refractivity contribution in [1.29, 1.82) is 0 Å². The molecule has 0 saturated heterocycles. The second-order valence-corrected chi connectivity index (χ2v) is 5.44. The Morgan fingerprint density at radius 1 is 1.23 bits per heavy atom. The molecule has 3 N–H and O–H groups in total. The minimum Gasteiger partial charge on any atom is -0.492 e. The Morgan fingerprint density at radius 3 is 2.77 bits per heavy atom. The Kier molecular flexibility index (Phi) is 5.33. The third-order valence-electron chi connectivity index (χ3n) is 3.51. The molecule has 0 bridgehead atoms. The average molecular weight is 354 g/mol. The lowest BCUT2D eigenvalue weighted by molar-refractivity contribution is -0.122. The van der Waals surface area contributed by atoms with Gasteiger partial charge in [-0.05, 0) is 30.3 Å². The molecule has 1 aromatic carbocycles. The summed E-state index contributed by atoms with van der Waals surface area (Å²) >= 11 is 0. The van der Waals surface area contributed by atoms with Gasteiger partial charge in [-0.1, -0.05) is 18.2 Å². The average Bonchev–Trinajstić information content (AvgIpc) is 3.18. The van der Waals surface area contributed by atoms with Crippen LogP contribution in [0.4, 0.5) is 5.69 Å². The van der Waals surface area contributed by atoms with Crippen LogP contribution in [0.25, 0.3) is 11.5 Å². The van der Waals surface area contributed by atoms with Crippen LogP contribution < -0.4 is 21.3 Å². The SMILES string of the molecule is Nc1cc(-c2ccco2)nn(CC(=O)NCCOc2ccccc2)c1=O. The first-order valence-electron chi connectivity index (χ1n) is 7.99. The quantitative estimate of drug-likeness (QED) is 0.618. The maximum absolute atomic E-state index is 12.1. The van der Waals surface area contributed by atoms with Gasteiger partial charge in [-0.15, -0.1) is 0 Å². The minimum absolute atomic E-state index is 0.00777. The third-order valence-corrected chi connectivity index (χ3v) is 3.51. The molecular formula is C18H18N4O4. The summed E-state index contributed by atoms with van der Waals surface area (Å²) in [7, 11) is 0. The van der Waals surface area contributed by atoms with E-state index in [0.29, 0.717) is 24.6 Å². The number of carbonyl (C=O) groups is 1. The molecule has 2 heterocycles. The molecule has 0 aliphatic carbocycles. The van der Waals surface area contributed by atoms with Gasteiger partial charge in [-0.3, -0.25) is 9.59 Å². The zero-order valence-electron chi connectivity index (χ0n) is 13.9. The van der Waals surface area contributed by atoms with Crippen LogP contribution in [0, 0.1) is 0 Å². The van der Waals surface area contributed by atoms with Crippen molar-refractivity contribution in [3.63, 3.8) is 0 Å². The van der Waals surface area contributed by atoms with Crippen LogP contribution in [0.1, 0.15) is 0 Å². The van der Waals surface area contributed by atoms with Gasteiger partial charge in [0.05, 0.1) is 12.8 Å². The van der Waals surface area contributed by atoms with Gasteiger partial charge in [0, 0.05) is 0 Å². The highest BCUT2D eigenvalue weighted by Crippen LogP contribution is 2.17. The minimum atomic E-state index is -0.531. The molecule has 2 aromatic heterocycles. The molecule has 0 spiro atoms. The summed E-state index contributed by atoms with van der Waals surface area (Å²) in [5.74, 6) is 0.813. The zero-order chi connectivity index (χ0) is 18.4. The van der Waals surface area contributed by atoms with Crippen LogP contribution in [0.5, 0.6) is 5.75 Å². The molecule has 0 aliphatic rings. The number of rotatable bonds is 7. The highest BCUT2D eigenvalue weighted by atomic mass is 16.5. The summed E-state index contributed by atoms with van der Waals surface area (Å²) in [6.45, 7) is 0.366. The van der Waals surface area contributed by atoms with Crippen molar-refractivity contribution in [2.45, 2.75) is 6.54 Å². The van der Waals surface area contributed by atoms with Gasteiger partial charge in [0.15, 0.2) is 5.76 Å². The highest BCUT2D eigenvalue weighted by Gasteiger charge is 2.12. The molecule has 0 radical (unpaired) electrons. The van der Waals surface area contributed by atoms with Crippen LogP contribution in [-0.2, 0) is 11.3 Å². The predicted molar refractivity (Wildman–Crippen MR) is 95.6 cm³/mol. The van der Waals surface area contributed by atoms with Crippen molar-refractivity contribution in [2.75, 3.05) is 18.9 Å². The van der Waals surface area contributed by atoms with E-state index in [1.807, 2.05) is 30.3 Å². The number of benzene rings is 1. The van der Waals surface area contributed by atoms with Gasteiger partial charge in [0.2, 0.25) is 5.91 Å². The lowest BCUT2D eigenvalue weighted by atomic mass is 10.3. The molecule has 3 rings (SSSR count). The van der Waals surface area contributed by atoms with Crippen molar-refractivity contribution in [2.24, 2.45) is 0 Å². The molecule has 134 valence electrons. The number of amides is 1. The number of anilines is 1. The summed E-state index contributed by atoms with van der Waals surface area (Å²) in [4.78, 5) is 24.1. The fraction of sp³-hybridized carbons (Fsp3) is 0.167. The van der Waals surface area contributed by atoms with Crippen molar-refractivity contribution in [3.8, 4) is 17.2 Å². The molecule has 26 heavy (non-hydrogen) atoms. The van der Waals surface area contributed by atoms with E-state index in [2.05, 4.69) is 10.4 Å². The second-order valence-electron chi connectivity index (χ2n) is 5.44. The van der Waals surface area contributed by atoms with E-state index in [-0.39, 0.29) is 18.1 Å². The van der Waals surface area contributed by atoms with E-state index in [1.165, 1.54) is 12.3 Å². The van der Waals surface area contributed by atoms with Crippen molar-refractivity contribution >= 4 is 11.6 Å². The molecule has 8 nitrogen and oxygen atoms in total. The predicted octanol–water partition coefficient (Wildman–Crippen LogP) is 1.28. The molecule has 0 atom stereocenters. The fourth-order valence-corrected chi connectivity index (χ4v) is 2.28. The lowest BCUT2D eigenvalue weighted by Gasteiger charge is -2.09. The first-order chi connectivity index (χ1) is 12.6. The number of nitrogens with one attached hydrogen (secondary N) is 1. The van der Waals surface area contributed by atoms with Crippen LogP contribution >= 0.6 is 0 Å². The van der Waals surface area contributed by atoms with Crippen LogP contribution in [0.15, 0.2) is 64.0 Å². The Morgan fingerprint density at radius 2 is 2.04 bits per heavy atom. The van der Waals surface area contributed by atoms with Gasteiger partial charge in [-0.2, -0.15) is 5.10 Å². The molecule has 1 amide bonds. The van der Waals surface area contributed by atoms with E-state index in [9.17, 15) is 9.59 Å². The number of carbonyl (C=O) groups excluding carboxylic acids is 1. The molecule has 0 saturated carbocycles. The molecule has 8 heteroatoms. The van der Waals surface area contributed by atoms with Crippen LogP contribution in [0.2, 0.25) is 0 Å². The van der Waals surface area contributed by atoms with Crippen molar-refractivity contribution < 1.29 is 13.9 Å². The van der Waals surface area contributed by atoms with Gasteiger partial charge in [-0.25, -0.2) is 4.68 Å². The van der Waals surface area contributed by atoms with E-state index >= 15 is 0 Å². The Bertz CT molecular complexity index is 920. The van der Waals surface area contributed by atoms with Crippen LogP contribution in [0.3, 0.4) is 0 Å². The number of aromatic nitrogens is 2. The van der Waals surface area contributed by atoms with Gasteiger partial charge >= 0.3 is 0 Å². The summed E-state index contributed by atoms with van der Waals surface area (Å²) in [6, 6.07) is 14.1. The number of hydrogen-bond acceptors (Lipinski definition) is 6. The lowest BCUT2D eigenvalue weighted by Crippen LogP contribution is -2.36. The number of nitrogens with two attached hydrogens (primary N) is 1. The second kappa shape index (κ2) is 8.02. The maximum atomic E-state index is 12.1. The largest absolute Gasteiger partial charge is 0.492 e. The monoisotopic (exact) mass is 354 g/mol. The number of ether oxygens (including phenoxy) is 1. The maximum Gasteiger partial charge on any atom is 0.290 e. The standard InChI is InChI=1S/C18H18N4O4/c19-14-11-15(16-7-4-9-26-16)21-22(18(14)24)12-17(23)20-8-10-25-13-5-2-1-3-6-13/h1-7,9,11H,8,10,12,19H2,(H,20,23). The molecule has 3 aromatic rings. The number of hydrogen-bond donors (Lipinski definition) is 2. The molecular weight excluding hydrogens is 336 g/mol. The number of para-hydroxylation sites is 1. The van der Waals surface area contributed by atoms with Gasteiger partial charge in [0.25, 0.3) is 5.56 Å². The fourth-order valence-electron chi connectivity index (χ4n) is 2.28. The Hall–Kier alpha value is -3.55. The normalized spacial score (nSPS) is 10.5. The topological polar surface area (TPSA) is 112 Å². The smallest absolute Gasteiger partial charge is 0.290 e. The molecule has 0 aliphatic heterocycles. The highest BCUT2D eigenvalue weighted by molar-refractivity contribution is 5.75. The number of furan rings is 1. The Labute approximate surface area is 149 Å². The molecule has 0 fully saturated rings. The third kappa shape index (κ3) is 4.29. The Balaban J connectivity index is 1.58.